The second-order valence-electron chi connectivity index (χ2n) is 3.54. The number of thiophene rings is 1. The molecule has 0 amide bonds. The minimum Gasteiger partial charge on any atom is -0.477 e. The zero-order valence-corrected chi connectivity index (χ0v) is 11.2. The third-order valence-electron chi connectivity index (χ3n) is 2.25. The Bertz CT molecular complexity index is 571. The fraction of sp³-hybridized carbons (Fsp3) is 0.400. The summed E-state index contributed by atoms with van der Waals surface area (Å²) in [7, 11) is -3.76. The molecule has 1 aromatic heterocycles. The number of rotatable bonds is 6. The van der Waals surface area contributed by atoms with Crippen LogP contribution in [0.25, 0.3) is 0 Å². The molecular weight excluding hydrogens is 276 g/mol. The Morgan fingerprint density at radius 1 is 1.67 bits per heavy atom. The molecule has 2 N–H and O–H groups in total. The number of nitrogens with one attached hydrogen (secondary N) is 1. The first kappa shape index (κ1) is 14.6. The summed E-state index contributed by atoms with van der Waals surface area (Å²) in [4.78, 5) is 10.6. The highest BCUT2D eigenvalue weighted by Gasteiger charge is 2.21. The van der Waals surface area contributed by atoms with Crippen LogP contribution in [-0.4, -0.2) is 25.5 Å². The lowest BCUT2D eigenvalue weighted by molar-refractivity contribution is 0.0702. The van der Waals surface area contributed by atoms with Gasteiger partial charge in [-0.15, -0.1) is 11.3 Å². The number of carboxylic acids is 1. The van der Waals surface area contributed by atoms with Crippen LogP contribution in [0.2, 0.25) is 0 Å². The van der Waals surface area contributed by atoms with Crippen LogP contribution in [0.1, 0.15) is 29.4 Å². The van der Waals surface area contributed by atoms with Crippen LogP contribution in [0.4, 0.5) is 0 Å². The molecule has 0 fully saturated rings. The quantitative estimate of drug-likeness (QED) is 0.823. The summed E-state index contributed by atoms with van der Waals surface area (Å²) in [6, 6.07) is 2.54. The molecule has 0 spiro atoms. The highest BCUT2D eigenvalue weighted by atomic mass is 32.2. The van der Waals surface area contributed by atoms with Crippen LogP contribution in [0.5, 0.6) is 0 Å². The highest BCUT2D eigenvalue weighted by molar-refractivity contribution is 7.89. The van der Waals surface area contributed by atoms with E-state index >= 15 is 0 Å². The maximum Gasteiger partial charge on any atom is 0.345 e. The number of carboxylic acid groups (broad SMARTS) is 1. The van der Waals surface area contributed by atoms with Crippen molar-refractivity contribution in [2.24, 2.45) is 0 Å². The number of nitriles is 1. The Morgan fingerprint density at radius 2 is 2.33 bits per heavy atom. The van der Waals surface area contributed by atoms with E-state index in [0.717, 1.165) is 17.4 Å². The van der Waals surface area contributed by atoms with Crippen LogP contribution >= 0.6 is 11.3 Å². The molecule has 0 aliphatic carbocycles. The van der Waals surface area contributed by atoms with Gasteiger partial charge in [0.25, 0.3) is 0 Å². The van der Waals surface area contributed by atoms with Crippen molar-refractivity contribution in [3.05, 3.63) is 16.3 Å². The van der Waals surface area contributed by atoms with Crippen molar-refractivity contribution in [1.82, 2.24) is 4.72 Å². The first-order chi connectivity index (χ1) is 8.40. The summed E-state index contributed by atoms with van der Waals surface area (Å²) >= 11 is 0.849. The van der Waals surface area contributed by atoms with Gasteiger partial charge in [0.05, 0.1) is 17.4 Å². The van der Waals surface area contributed by atoms with Gasteiger partial charge in [0, 0.05) is 11.4 Å². The van der Waals surface area contributed by atoms with Gasteiger partial charge < -0.3 is 5.11 Å². The topological polar surface area (TPSA) is 107 Å². The van der Waals surface area contributed by atoms with E-state index in [1.807, 2.05) is 6.07 Å². The lowest BCUT2D eigenvalue weighted by atomic mass is 10.2. The van der Waals surface area contributed by atoms with Crippen LogP contribution in [0.15, 0.2) is 16.3 Å². The molecule has 0 saturated heterocycles. The second-order valence-corrected chi connectivity index (χ2v) is 6.17. The Labute approximate surface area is 109 Å². The fourth-order valence-corrected chi connectivity index (χ4v) is 3.67. The number of aromatic carboxylic acids is 1. The maximum atomic E-state index is 11.9. The van der Waals surface area contributed by atoms with Crippen molar-refractivity contribution in [2.75, 3.05) is 0 Å². The molecule has 18 heavy (non-hydrogen) atoms. The zero-order chi connectivity index (χ0) is 13.8. The molecule has 98 valence electrons. The van der Waals surface area contributed by atoms with Crippen molar-refractivity contribution in [1.29, 1.82) is 5.26 Å². The lowest BCUT2D eigenvalue weighted by Crippen LogP contribution is -2.33. The summed E-state index contributed by atoms with van der Waals surface area (Å²) < 4.78 is 26.2. The lowest BCUT2D eigenvalue weighted by Gasteiger charge is -2.12. The number of sulfonamides is 1. The minimum absolute atomic E-state index is 0.0382. The molecule has 8 heteroatoms. The zero-order valence-electron chi connectivity index (χ0n) is 9.58. The van der Waals surface area contributed by atoms with Crippen molar-refractivity contribution >= 4 is 27.3 Å². The highest BCUT2D eigenvalue weighted by Crippen LogP contribution is 2.19. The van der Waals surface area contributed by atoms with Crippen molar-refractivity contribution in [3.63, 3.8) is 0 Å². The molecule has 1 aromatic rings. The predicted molar refractivity (Wildman–Crippen MR) is 65.9 cm³/mol. The molecule has 0 aliphatic heterocycles. The Morgan fingerprint density at radius 3 is 2.78 bits per heavy atom. The first-order valence-electron chi connectivity index (χ1n) is 5.11. The van der Waals surface area contributed by atoms with Crippen LogP contribution in [0, 0.1) is 11.3 Å². The molecule has 1 heterocycles. The van der Waals surface area contributed by atoms with Gasteiger partial charge in [-0.1, -0.05) is 6.92 Å². The third kappa shape index (κ3) is 3.53. The molecule has 6 nitrogen and oxygen atoms in total. The van der Waals surface area contributed by atoms with Gasteiger partial charge in [-0.3, -0.25) is 0 Å². The van der Waals surface area contributed by atoms with Gasteiger partial charge in [0.15, 0.2) is 0 Å². The van der Waals surface area contributed by atoms with Crippen molar-refractivity contribution < 1.29 is 18.3 Å². The molecule has 0 aliphatic rings. The van der Waals surface area contributed by atoms with Gasteiger partial charge in [-0.25, -0.2) is 17.9 Å². The molecule has 0 bridgehead atoms. The van der Waals surface area contributed by atoms with E-state index in [1.54, 1.807) is 6.92 Å². The Balaban J connectivity index is 2.92. The monoisotopic (exact) mass is 288 g/mol. The van der Waals surface area contributed by atoms with E-state index in [2.05, 4.69) is 4.72 Å². The van der Waals surface area contributed by atoms with Gasteiger partial charge in [0.2, 0.25) is 10.0 Å². The van der Waals surface area contributed by atoms with Crippen LogP contribution < -0.4 is 4.72 Å². The molecule has 1 rings (SSSR count). The number of hydrogen-bond donors (Lipinski definition) is 2. The summed E-state index contributed by atoms with van der Waals surface area (Å²) in [5.74, 6) is -1.16. The Hall–Kier alpha value is -1.43. The van der Waals surface area contributed by atoms with E-state index in [1.165, 1.54) is 5.38 Å². The minimum atomic E-state index is -3.76. The largest absolute Gasteiger partial charge is 0.477 e. The second kappa shape index (κ2) is 5.95. The SMILES string of the molecule is CCC(CC#N)NS(=O)(=O)c1csc(C(=O)O)c1. The van der Waals surface area contributed by atoms with E-state index in [0.29, 0.717) is 6.42 Å². The Kier molecular flexibility index (Phi) is 4.84. The third-order valence-corrected chi connectivity index (χ3v) is 4.82. The summed E-state index contributed by atoms with van der Waals surface area (Å²) in [5, 5.41) is 18.5. The average Bonchev–Trinajstić information content (AvgIpc) is 2.78. The van der Waals surface area contributed by atoms with Gasteiger partial charge in [0.1, 0.15) is 4.88 Å². The van der Waals surface area contributed by atoms with Gasteiger partial charge in [-0.2, -0.15) is 5.26 Å². The van der Waals surface area contributed by atoms with Gasteiger partial charge >= 0.3 is 5.97 Å². The molecule has 0 saturated carbocycles. The summed E-state index contributed by atoms with van der Waals surface area (Å²) in [5.41, 5.74) is 0. The maximum absolute atomic E-state index is 11.9. The van der Waals surface area contributed by atoms with Crippen molar-refractivity contribution in [2.45, 2.75) is 30.7 Å². The molecule has 0 radical (unpaired) electrons. The number of hydrogen-bond acceptors (Lipinski definition) is 5. The van der Waals surface area contributed by atoms with E-state index in [4.69, 9.17) is 10.4 Å². The van der Waals surface area contributed by atoms with Crippen LogP contribution in [-0.2, 0) is 10.0 Å². The summed E-state index contributed by atoms with van der Waals surface area (Å²) in [6.07, 6.45) is 0.564. The predicted octanol–water partition coefficient (Wildman–Crippen LogP) is 1.42. The summed E-state index contributed by atoms with van der Waals surface area (Å²) in [6.45, 7) is 1.76. The number of carbonyl (C=O) groups is 1. The molecule has 1 unspecified atom stereocenters. The number of nitrogens with zero attached hydrogens (tertiary/aromatic N) is 1. The fourth-order valence-electron chi connectivity index (χ4n) is 1.24. The molecule has 1 atom stereocenters. The standard InChI is InChI=1S/C10H12N2O4S2/c1-2-7(3-4-11)12-18(15,16)8-5-9(10(13)14)17-6-8/h5-7,12H,2-3H2,1H3,(H,13,14). The van der Waals surface area contributed by atoms with Crippen LogP contribution in [0.3, 0.4) is 0 Å². The van der Waals surface area contributed by atoms with Gasteiger partial charge in [-0.05, 0) is 12.5 Å². The van der Waals surface area contributed by atoms with E-state index in [-0.39, 0.29) is 16.2 Å². The van der Waals surface area contributed by atoms with Crippen molar-refractivity contribution in [3.8, 4) is 6.07 Å². The van der Waals surface area contributed by atoms with E-state index < -0.39 is 22.0 Å². The smallest absolute Gasteiger partial charge is 0.345 e. The normalized spacial score (nSPS) is 12.9. The first-order valence-corrected chi connectivity index (χ1v) is 7.48. The molecule has 0 aromatic carbocycles. The average molecular weight is 288 g/mol. The molecular formula is C10H12N2O4S2. The van der Waals surface area contributed by atoms with E-state index in [9.17, 15) is 13.2 Å².